The number of aromatic nitrogens is 2. The van der Waals surface area contributed by atoms with Crippen LogP contribution < -0.4 is 10.1 Å². The van der Waals surface area contributed by atoms with Gasteiger partial charge in [-0.3, -0.25) is 9.59 Å². The number of aryl methyl sites for hydroxylation is 1. The van der Waals surface area contributed by atoms with Gasteiger partial charge in [-0.2, -0.15) is 4.98 Å². The fourth-order valence-electron chi connectivity index (χ4n) is 2.88. The highest BCUT2D eigenvalue weighted by Crippen LogP contribution is 2.21. The fourth-order valence-corrected chi connectivity index (χ4v) is 2.88. The van der Waals surface area contributed by atoms with E-state index in [4.69, 9.17) is 14.0 Å². The van der Waals surface area contributed by atoms with Crippen molar-refractivity contribution >= 4 is 11.9 Å². The van der Waals surface area contributed by atoms with Crippen molar-refractivity contribution in [3.8, 4) is 22.9 Å². The molecule has 4 rings (SSSR count). The molecule has 8 nitrogen and oxygen atoms in total. The maximum atomic E-state index is 12.3. The Morgan fingerprint density at radius 3 is 2.33 bits per heavy atom. The molecule has 166 valence electrons. The molecule has 0 aliphatic carbocycles. The summed E-state index contributed by atoms with van der Waals surface area (Å²) in [5.41, 5.74) is 2.31. The second kappa shape index (κ2) is 10.2. The second-order valence-corrected chi connectivity index (χ2v) is 7.16. The Bertz CT molecular complexity index is 1220. The van der Waals surface area contributed by atoms with Gasteiger partial charge in [-0.05, 0) is 43.3 Å². The number of carbonyl (C=O) groups excluding carboxylic acids is 2. The van der Waals surface area contributed by atoms with E-state index in [1.807, 2.05) is 61.5 Å². The zero-order chi connectivity index (χ0) is 23.0. The highest BCUT2D eigenvalue weighted by Gasteiger charge is 2.13. The molecule has 0 spiro atoms. The number of para-hydroxylation sites is 1. The lowest BCUT2D eigenvalue weighted by Crippen LogP contribution is -2.30. The van der Waals surface area contributed by atoms with E-state index in [1.54, 1.807) is 24.3 Å². The molecule has 0 fully saturated rings. The van der Waals surface area contributed by atoms with Crippen molar-refractivity contribution in [2.75, 3.05) is 6.54 Å². The summed E-state index contributed by atoms with van der Waals surface area (Å²) in [4.78, 5) is 28.5. The van der Waals surface area contributed by atoms with Gasteiger partial charge in [0, 0.05) is 11.1 Å². The standard InChI is InChI=1S/C25H21N3O5/c1-17-7-9-18(10-8-17)24-27-22(33-28-24)16-31-23(29)15-26-25(30)19-11-13-21(14-12-19)32-20-5-3-2-4-6-20/h2-14H,15-16H2,1H3,(H,26,30). The van der Waals surface area contributed by atoms with E-state index < -0.39 is 11.9 Å². The lowest BCUT2D eigenvalue weighted by atomic mass is 10.1. The van der Waals surface area contributed by atoms with Crippen molar-refractivity contribution in [2.45, 2.75) is 13.5 Å². The molecular weight excluding hydrogens is 422 g/mol. The Hall–Kier alpha value is -4.46. The second-order valence-electron chi connectivity index (χ2n) is 7.16. The van der Waals surface area contributed by atoms with Crippen LogP contribution in [0.3, 0.4) is 0 Å². The van der Waals surface area contributed by atoms with E-state index in [9.17, 15) is 9.59 Å². The summed E-state index contributed by atoms with van der Waals surface area (Å²) >= 11 is 0. The Morgan fingerprint density at radius 1 is 0.909 bits per heavy atom. The summed E-state index contributed by atoms with van der Waals surface area (Å²) in [5.74, 6) is 0.847. The third-order valence-corrected chi connectivity index (χ3v) is 4.62. The molecule has 8 heteroatoms. The van der Waals surface area contributed by atoms with Crippen LogP contribution in [0.15, 0.2) is 83.4 Å². The van der Waals surface area contributed by atoms with Crippen molar-refractivity contribution in [3.63, 3.8) is 0 Å². The normalized spacial score (nSPS) is 10.5. The monoisotopic (exact) mass is 443 g/mol. The molecule has 4 aromatic rings. The van der Waals surface area contributed by atoms with Gasteiger partial charge in [0.25, 0.3) is 11.8 Å². The van der Waals surface area contributed by atoms with Gasteiger partial charge >= 0.3 is 5.97 Å². The van der Waals surface area contributed by atoms with Crippen LogP contribution in [0.1, 0.15) is 21.8 Å². The van der Waals surface area contributed by atoms with Gasteiger partial charge in [0.15, 0.2) is 6.61 Å². The molecule has 1 N–H and O–H groups in total. The molecule has 0 saturated carbocycles. The molecule has 0 unspecified atom stereocenters. The first-order valence-electron chi connectivity index (χ1n) is 10.2. The minimum absolute atomic E-state index is 0.166. The van der Waals surface area contributed by atoms with E-state index in [1.165, 1.54) is 0 Å². The number of ether oxygens (including phenoxy) is 2. The van der Waals surface area contributed by atoms with Gasteiger partial charge in [0.2, 0.25) is 5.82 Å². The molecule has 0 bridgehead atoms. The van der Waals surface area contributed by atoms with Crippen LogP contribution in [0.2, 0.25) is 0 Å². The number of rotatable bonds is 8. The zero-order valence-electron chi connectivity index (χ0n) is 17.9. The minimum atomic E-state index is -0.623. The number of nitrogens with one attached hydrogen (secondary N) is 1. The molecule has 1 heterocycles. The number of hydrogen-bond donors (Lipinski definition) is 1. The number of amides is 1. The molecule has 1 amide bonds. The first-order chi connectivity index (χ1) is 16.1. The highest BCUT2D eigenvalue weighted by molar-refractivity contribution is 5.96. The number of esters is 1. The van der Waals surface area contributed by atoms with Gasteiger partial charge in [-0.1, -0.05) is 53.2 Å². The molecule has 3 aromatic carbocycles. The van der Waals surface area contributed by atoms with Crippen LogP contribution in [0.25, 0.3) is 11.4 Å². The first kappa shape index (κ1) is 21.8. The molecule has 0 saturated heterocycles. The van der Waals surface area contributed by atoms with Gasteiger partial charge in [0.1, 0.15) is 18.0 Å². The maximum Gasteiger partial charge on any atom is 0.325 e. The summed E-state index contributed by atoms with van der Waals surface area (Å²) in [6.07, 6.45) is 0. The van der Waals surface area contributed by atoms with Crippen LogP contribution in [-0.2, 0) is 16.1 Å². The van der Waals surface area contributed by atoms with Crippen LogP contribution >= 0.6 is 0 Å². The highest BCUT2D eigenvalue weighted by atomic mass is 16.6. The summed E-state index contributed by atoms with van der Waals surface area (Å²) in [6, 6.07) is 23.6. The first-order valence-corrected chi connectivity index (χ1v) is 10.2. The Morgan fingerprint density at radius 2 is 1.61 bits per heavy atom. The molecule has 33 heavy (non-hydrogen) atoms. The van der Waals surface area contributed by atoms with E-state index in [-0.39, 0.29) is 19.0 Å². The predicted octanol–water partition coefficient (Wildman–Crippen LogP) is 4.31. The zero-order valence-corrected chi connectivity index (χ0v) is 17.9. The summed E-state index contributed by atoms with van der Waals surface area (Å²) in [7, 11) is 0. The molecule has 0 aliphatic heterocycles. The molecule has 0 radical (unpaired) electrons. The lowest BCUT2D eigenvalue weighted by Gasteiger charge is -2.07. The minimum Gasteiger partial charge on any atom is -0.457 e. The van der Waals surface area contributed by atoms with E-state index in [0.29, 0.717) is 22.9 Å². The van der Waals surface area contributed by atoms with Crippen LogP contribution in [-0.4, -0.2) is 28.6 Å². The topological polar surface area (TPSA) is 104 Å². The van der Waals surface area contributed by atoms with Crippen LogP contribution in [0.4, 0.5) is 0 Å². The van der Waals surface area contributed by atoms with Crippen molar-refractivity contribution < 1.29 is 23.6 Å². The Labute approximate surface area is 190 Å². The van der Waals surface area contributed by atoms with Gasteiger partial charge < -0.3 is 19.3 Å². The number of benzene rings is 3. The smallest absolute Gasteiger partial charge is 0.325 e. The number of carbonyl (C=O) groups is 2. The SMILES string of the molecule is Cc1ccc(-c2noc(COC(=O)CNC(=O)c3ccc(Oc4ccccc4)cc3)n2)cc1. The maximum absolute atomic E-state index is 12.3. The van der Waals surface area contributed by atoms with Crippen molar-refractivity contribution in [1.82, 2.24) is 15.5 Å². The van der Waals surface area contributed by atoms with E-state index in [0.717, 1.165) is 11.1 Å². The summed E-state index contributed by atoms with van der Waals surface area (Å²) < 4.78 is 15.9. The van der Waals surface area contributed by atoms with Gasteiger partial charge in [-0.15, -0.1) is 0 Å². The summed E-state index contributed by atoms with van der Waals surface area (Å²) in [5, 5.41) is 6.40. The Balaban J connectivity index is 1.22. The Kier molecular flexibility index (Phi) is 6.75. The predicted molar refractivity (Wildman–Crippen MR) is 120 cm³/mol. The molecule has 0 atom stereocenters. The number of nitrogens with zero attached hydrogens (tertiary/aromatic N) is 2. The fraction of sp³-hybridized carbons (Fsp3) is 0.120. The average molecular weight is 443 g/mol. The van der Waals surface area contributed by atoms with Gasteiger partial charge in [-0.25, -0.2) is 0 Å². The van der Waals surface area contributed by atoms with Gasteiger partial charge in [0.05, 0.1) is 0 Å². The van der Waals surface area contributed by atoms with E-state index in [2.05, 4.69) is 15.5 Å². The van der Waals surface area contributed by atoms with E-state index >= 15 is 0 Å². The van der Waals surface area contributed by atoms with Crippen molar-refractivity contribution in [1.29, 1.82) is 0 Å². The molecule has 1 aromatic heterocycles. The average Bonchev–Trinajstić information content (AvgIpc) is 3.32. The molecule has 0 aliphatic rings. The van der Waals surface area contributed by atoms with Crippen molar-refractivity contribution in [2.24, 2.45) is 0 Å². The summed E-state index contributed by atoms with van der Waals surface area (Å²) in [6.45, 7) is 1.51. The largest absolute Gasteiger partial charge is 0.457 e. The quantitative estimate of drug-likeness (QED) is 0.405. The van der Waals surface area contributed by atoms with Crippen LogP contribution in [0.5, 0.6) is 11.5 Å². The number of hydrogen-bond acceptors (Lipinski definition) is 7. The lowest BCUT2D eigenvalue weighted by molar-refractivity contribution is -0.144. The molecular formula is C25H21N3O5. The van der Waals surface area contributed by atoms with Crippen LogP contribution in [0, 0.1) is 6.92 Å². The van der Waals surface area contributed by atoms with Crippen molar-refractivity contribution in [3.05, 3.63) is 95.9 Å². The third kappa shape index (κ3) is 6.04. The third-order valence-electron chi connectivity index (χ3n) is 4.62.